The van der Waals surface area contributed by atoms with E-state index in [1.165, 1.54) is 0 Å². The molecule has 0 saturated heterocycles. The molecule has 5 heteroatoms. The molecule has 0 radical (unpaired) electrons. The fourth-order valence-corrected chi connectivity index (χ4v) is 1.93. The van der Waals surface area contributed by atoms with Gasteiger partial charge in [-0.25, -0.2) is 0 Å². The van der Waals surface area contributed by atoms with E-state index in [1.807, 2.05) is 6.07 Å². The summed E-state index contributed by atoms with van der Waals surface area (Å²) in [6.07, 6.45) is 2.07. The molecule has 1 aliphatic rings. The van der Waals surface area contributed by atoms with E-state index in [9.17, 15) is 4.79 Å². The van der Waals surface area contributed by atoms with Gasteiger partial charge in [0.05, 0.1) is 12.3 Å². The molecule has 1 heterocycles. The first-order chi connectivity index (χ1) is 8.70. The van der Waals surface area contributed by atoms with Gasteiger partial charge in [0.15, 0.2) is 0 Å². The molecule has 0 bridgehead atoms. The maximum absolute atomic E-state index is 11.3. The highest BCUT2D eigenvalue weighted by Gasteiger charge is 2.17. The van der Waals surface area contributed by atoms with Crippen LogP contribution in [0.15, 0.2) is 12.1 Å². The highest BCUT2D eigenvalue weighted by atomic mass is 16.5. The largest absolute Gasteiger partial charge is 0.491 e. The first-order valence-electron chi connectivity index (χ1n) is 6.04. The zero-order chi connectivity index (χ0) is 13.0. The van der Waals surface area contributed by atoms with E-state index in [0.29, 0.717) is 31.1 Å². The molecular formula is C13H18N2O3. The number of hydrogen-bond acceptors (Lipinski definition) is 4. The Labute approximate surface area is 106 Å². The molecule has 0 atom stereocenters. The van der Waals surface area contributed by atoms with Gasteiger partial charge in [-0.15, -0.1) is 0 Å². The number of anilines is 2. The Balaban J connectivity index is 2.05. The summed E-state index contributed by atoms with van der Waals surface area (Å²) in [5, 5.41) is 2.81. The predicted octanol–water partition coefficient (Wildman–Crippen LogP) is 1.57. The summed E-state index contributed by atoms with van der Waals surface area (Å²) in [6.45, 7) is 1.24. The summed E-state index contributed by atoms with van der Waals surface area (Å²) in [7, 11) is 1.66. The van der Waals surface area contributed by atoms with E-state index in [1.54, 1.807) is 13.2 Å². The van der Waals surface area contributed by atoms with Crippen molar-refractivity contribution in [1.29, 1.82) is 0 Å². The van der Waals surface area contributed by atoms with Crippen molar-refractivity contribution < 1.29 is 14.3 Å². The van der Waals surface area contributed by atoms with Crippen LogP contribution in [0.5, 0.6) is 5.75 Å². The number of benzene rings is 1. The molecule has 1 aliphatic heterocycles. The molecule has 98 valence electrons. The molecule has 18 heavy (non-hydrogen) atoms. The van der Waals surface area contributed by atoms with Gasteiger partial charge in [-0.1, -0.05) is 0 Å². The van der Waals surface area contributed by atoms with Crippen LogP contribution < -0.4 is 15.8 Å². The molecule has 1 amide bonds. The number of amides is 1. The predicted molar refractivity (Wildman–Crippen MR) is 69.8 cm³/mol. The van der Waals surface area contributed by atoms with Crippen LogP contribution in [0.3, 0.4) is 0 Å². The monoisotopic (exact) mass is 250 g/mol. The average molecular weight is 250 g/mol. The molecule has 5 nitrogen and oxygen atoms in total. The minimum atomic E-state index is 0.0377. The number of hydrogen-bond donors (Lipinski definition) is 2. The van der Waals surface area contributed by atoms with Crippen molar-refractivity contribution in [2.45, 2.75) is 19.3 Å². The third-order valence-electron chi connectivity index (χ3n) is 2.88. The van der Waals surface area contributed by atoms with Crippen LogP contribution in [-0.2, 0) is 16.0 Å². The zero-order valence-electron chi connectivity index (χ0n) is 10.5. The second kappa shape index (κ2) is 5.73. The summed E-state index contributed by atoms with van der Waals surface area (Å²) in [5.41, 5.74) is 8.32. The molecule has 3 N–H and O–H groups in total. The number of nitrogen functional groups attached to an aromatic ring is 1. The second-order valence-electron chi connectivity index (χ2n) is 4.29. The van der Waals surface area contributed by atoms with Crippen molar-refractivity contribution >= 4 is 17.3 Å². The van der Waals surface area contributed by atoms with Crippen LogP contribution in [0.2, 0.25) is 0 Å². The molecule has 0 saturated carbocycles. The van der Waals surface area contributed by atoms with Gasteiger partial charge in [0.2, 0.25) is 5.91 Å². The van der Waals surface area contributed by atoms with Crippen LogP contribution in [-0.4, -0.2) is 26.2 Å². The molecule has 1 aromatic carbocycles. The van der Waals surface area contributed by atoms with Crippen molar-refractivity contribution in [2.24, 2.45) is 0 Å². The number of fused-ring (bicyclic) bond motifs is 1. The number of rotatable bonds is 5. The molecule has 0 aliphatic carbocycles. The Morgan fingerprint density at radius 2 is 2.17 bits per heavy atom. The van der Waals surface area contributed by atoms with Gasteiger partial charge in [0.1, 0.15) is 5.75 Å². The number of carbonyl (C=O) groups is 1. The lowest BCUT2D eigenvalue weighted by Crippen LogP contribution is -2.19. The van der Waals surface area contributed by atoms with E-state index in [2.05, 4.69) is 5.32 Å². The smallest absolute Gasteiger partial charge is 0.224 e. The third-order valence-corrected chi connectivity index (χ3v) is 2.88. The minimum Gasteiger partial charge on any atom is -0.491 e. The highest BCUT2D eigenvalue weighted by Crippen LogP contribution is 2.32. The number of nitrogens with one attached hydrogen (secondary N) is 1. The summed E-state index contributed by atoms with van der Waals surface area (Å²) >= 11 is 0. The van der Waals surface area contributed by atoms with Crippen LogP contribution in [0, 0.1) is 0 Å². The van der Waals surface area contributed by atoms with Crippen molar-refractivity contribution in [3.05, 3.63) is 17.7 Å². The van der Waals surface area contributed by atoms with Gasteiger partial charge >= 0.3 is 0 Å². The van der Waals surface area contributed by atoms with Crippen LogP contribution in [0.1, 0.15) is 18.4 Å². The number of carbonyl (C=O) groups excluding carboxylic acids is 1. The van der Waals surface area contributed by atoms with E-state index in [0.717, 1.165) is 24.1 Å². The van der Waals surface area contributed by atoms with E-state index in [4.69, 9.17) is 15.2 Å². The van der Waals surface area contributed by atoms with E-state index < -0.39 is 0 Å². The Bertz CT molecular complexity index is 446. The Morgan fingerprint density at radius 3 is 2.94 bits per heavy atom. The third kappa shape index (κ3) is 2.92. The van der Waals surface area contributed by atoms with Crippen molar-refractivity contribution in [1.82, 2.24) is 0 Å². The first kappa shape index (κ1) is 12.7. The first-order valence-corrected chi connectivity index (χ1v) is 6.04. The lowest BCUT2D eigenvalue weighted by molar-refractivity contribution is -0.116. The minimum absolute atomic E-state index is 0.0377. The highest BCUT2D eigenvalue weighted by molar-refractivity contribution is 5.94. The molecule has 0 unspecified atom stereocenters. The van der Waals surface area contributed by atoms with E-state index >= 15 is 0 Å². The molecular weight excluding hydrogens is 232 g/mol. The number of nitrogens with two attached hydrogens (primary N) is 1. The lowest BCUT2D eigenvalue weighted by Gasteiger charge is -2.19. The Morgan fingerprint density at radius 1 is 1.33 bits per heavy atom. The van der Waals surface area contributed by atoms with Gasteiger partial charge in [0, 0.05) is 32.2 Å². The fraction of sp³-hybridized carbons (Fsp3) is 0.462. The fourth-order valence-electron chi connectivity index (χ4n) is 1.93. The van der Waals surface area contributed by atoms with Gasteiger partial charge < -0.3 is 20.5 Å². The summed E-state index contributed by atoms with van der Waals surface area (Å²) in [4.78, 5) is 11.3. The zero-order valence-corrected chi connectivity index (χ0v) is 10.5. The molecule has 0 aromatic heterocycles. The average Bonchev–Trinajstić information content (AvgIpc) is 2.35. The topological polar surface area (TPSA) is 73.6 Å². The summed E-state index contributed by atoms with van der Waals surface area (Å²) in [6, 6.07) is 3.68. The maximum Gasteiger partial charge on any atom is 0.224 e. The number of ether oxygens (including phenoxy) is 2. The molecule has 1 aromatic rings. The SMILES string of the molecule is COCCCOc1cc2c(cc1N)NC(=O)CC2. The van der Waals surface area contributed by atoms with Gasteiger partial charge in [0.25, 0.3) is 0 Å². The van der Waals surface area contributed by atoms with Gasteiger partial charge in [-0.3, -0.25) is 4.79 Å². The van der Waals surface area contributed by atoms with Crippen LogP contribution in [0.4, 0.5) is 11.4 Å². The molecule has 0 spiro atoms. The van der Waals surface area contributed by atoms with Crippen molar-refractivity contribution in [3.63, 3.8) is 0 Å². The second-order valence-corrected chi connectivity index (χ2v) is 4.29. The number of aryl methyl sites for hydroxylation is 1. The Kier molecular flexibility index (Phi) is 4.04. The lowest BCUT2D eigenvalue weighted by atomic mass is 10.0. The summed E-state index contributed by atoms with van der Waals surface area (Å²) < 4.78 is 10.6. The van der Waals surface area contributed by atoms with Crippen LogP contribution in [0.25, 0.3) is 0 Å². The number of methoxy groups -OCH3 is 1. The van der Waals surface area contributed by atoms with Gasteiger partial charge in [-0.2, -0.15) is 0 Å². The maximum atomic E-state index is 11.3. The summed E-state index contributed by atoms with van der Waals surface area (Å²) in [5.74, 6) is 0.719. The van der Waals surface area contributed by atoms with Gasteiger partial charge in [-0.05, 0) is 24.1 Å². The van der Waals surface area contributed by atoms with Crippen molar-refractivity contribution in [3.8, 4) is 5.75 Å². The van der Waals surface area contributed by atoms with Crippen molar-refractivity contribution in [2.75, 3.05) is 31.4 Å². The normalized spacial score (nSPS) is 13.9. The quantitative estimate of drug-likeness (QED) is 0.614. The van der Waals surface area contributed by atoms with Crippen LogP contribution >= 0.6 is 0 Å². The molecule has 2 rings (SSSR count). The standard InChI is InChI=1S/C13H18N2O3/c1-17-5-2-6-18-12-7-9-3-4-13(16)15-11(9)8-10(12)14/h7-8H,2-6,14H2,1H3,(H,15,16). The molecule has 0 fully saturated rings. The Hall–Kier alpha value is -1.75. The van der Waals surface area contributed by atoms with E-state index in [-0.39, 0.29) is 5.91 Å².